The molecule has 1 aliphatic heterocycles. The molecule has 0 bridgehead atoms. The first-order chi connectivity index (χ1) is 8.54. The number of likely N-dealkylation sites (tertiary alicyclic amines) is 1. The Hall–Kier alpha value is -1.06. The minimum Gasteiger partial charge on any atom is -0.356 e. The van der Waals surface area contributed by atoms with Crippen LogP contribution in [-0.4, -0.2) is 36.3 Å². The van der Waals surface area contributed by atoms with E-state index in [1.165, 1.54) is 0 Å². The molecule has 0 aromatic carbocycles. The molecule has 4 nitrogen and oxygen atoms in total. The van der Waals surface area contributed by atoms with E-state index in [1.807, 2.05) is 25.7 Å². The van der Waals surface area contributed by atoms with Gasteiger partial charge in [-0.25, -0.2) is 0 Å². The maximum absolute atomic E-state index is 11.9. The van der Waals surface area contributed by atoms with E-state index in [9.17, 15) is 9.59 Å². The van der Waals surface area contributed by atoms with Gasteiger partial charge in [-0.3, -0.25) is 9.59 Å². The van der Waals surface area contributed by atoms with Crippen LogP contribution in [0.4, 0.5) is 0 Å². The van der Waals surface area contributed by atoms with Crippen LogP contribution < -0.4 is 5.32 Å². The summed E-state index contributed by atoms with van der Waals surface area (Å²) >= 11 is 0. The highest BCUT2D eigenvalue weighted by atomic mass is 16.2. The van der Waals surface area contributed by atoms with Gasteiger partial charge in [0.25, 0.3) is 0 Å². The van der Waals surface area contributed by atoms with Crippen LogP contribution in [0.1, 0.15) is 46.5 Å². The Morgan fingerprint density at radius 3 is 2.72 bits per heavy atom. The molecule has 0 aliphatic carbocycles. The molecule has 0 aromatic heterocycles. The molecule has 1 rings (SSSR count). The molecule has 2 amide bonds. The standard InChI is InChI=1S/C14H26N2O2/c1-4-6-13(17)15-9-12-7-5-8-16(10-12)14(18)11(2)3/h11-12H,4-10H2,1-3H3,(H,15,17)/t12-/m1/s1. The topological polar surface area (TPSA) is 49.4 Å². The molecule has 104 valence electrons. The van der Waals surface area contributed by atoms with E-state index in [1.54, 1.807) is 0 Å². The number of hydrogen-bond acceptors (Lipinski definition) is 2. The number of carbonyl (C=O) groups is 2. The van der Waals surface area contributed by atoms with Crippen molar-refractivity contribution in [3.05, 3.63) is 0 Å². The molecule has 0 saturated carbocycles. The Labute approximate surface area is 110 Å². The minimum atomic E-state index is 0.0680. The van der Waals surface area contributed by atoms with Crippen LogP contribution in [0.15, 0.2) is 0 Å². The van der Waals surface area contributed by atoms with Crippen LogP contribution in [0.2, 0.25) is 0 Å². The molecule has 1 heterocycles. The van der Waals surface area contributed by atoms with Gasteiger partial charge >= 0.3 is 0 Å². The molecule has 1 N–H and O–H groups in total. The Morgan fingerprint density at radius 1 is 1.39 bits per heavy atom. The highest BCUT2D eigenvalue weighted by molar-refractivity contribution is 5.78. The summed E-state index contributed by atoms with van der Waals surface area (Å²) < 4.78 is 0. The van der Waals surface area contributed by atoms with Crippen molar-refractivity contribution in [2.45, 2.75) is 46.5 Å². The summed E-state index contributed by atoms with van der Waals surface area (Å²) in [6, 6.07) is 0. The second-order valence-electron chi connectivity index (χ2n) is 5.50. The summed E-state index contributed by atoms with van der Waals surface area (Å²) in [5.41, 5.74) is 0. The summed E-state index contributed by atoms with van der Waals surface area (Å²) in [6.45, 7) is 8.26. The van der Waals surface area contributed by atoms with E-state index in [-0.39, 0.29) is 17.7 Å². The predicted molar refractivity (Wildman–Crippen MR) is 72.1 cm³/mol. The van der Waals surface area contributed by atoms with Gasteiger partial charge in [-0.15, -0.1) is 0 Å². The monoisotopic (exact) mass is 254 g/mol. The summed E-state index contributed by atoms with van der Waals surface area (Å²) in [4.78, 5) is 25.3. The highest BCUT2D eigenvalue weighted by Crippen LogP contribution is 2.17. The quantitative estimate of drug-likeness (QED) is 0.813. The third kappa shape index (κ3) is 4.67. The SMILES string of the molecule is CCCC(=O)NC[C@H]1CCCN(C(=O)C(C)C)C1. The van der Waals surface area contributed by atoms with Crippen molar-refractivity contribution in [2.75, 3.05) is 19.6 Å². The Bertz CT molecular complexity index is 290. The number of hydrogen-bond donors (Lipinski definition) is 1. The van der Waals surface area contributed by atoms with Crippen LogP contribution >= 0.6 is 0 Å². The fourth-order valence-electron chi connectivity index (χ4n) is 2.37. The fourth-order valence-corrected chi connectivity index (χ4v) is 2.37. The van der Waals surface area contributed by atoms with Crippen molar-refractivity contribution in [3.8, 4) is 0 Å². The highest BCUT2D eigenvalue weighted by Gasteiger charge is 2.25. The minimum absolute atomic E-state index is 0.0680. The first kappa shape index (κ1) is 15.0. The lowest BCUT2D eigenvalue weighted by Gasteiger charge is -2.34. The summed E-state index contributed by atoms with van der Waals surface area (Å²) in [5.74, 6) is 0.852. The van der Waals surface area contributed by atoms with Crippen molar-refractivity contribution in [2.24, 2.45) is 11.8 Å². The smallest absolute Gasteiger partial charge is 0.225 e. The number of piperidine rings is 1. The number of carbonyl (C=O) groups excluding carboxylic acids is 2. The lowest BCUT2D eigenvalue weighted by Crippen LogP contribution is -2.45. The van der Waals surface area contributed by atoms with Gasteiger partial charge in [-0.1, -0.05) is 20.8 Å². The number of rotatable bonds is 5. The summed E-state index contributed by atoms with van der Waals surface area (Å²) in [5, 5.41) is 2.97. The molecular weight excluding hydrogens is 228 g/mol. The summed E-state index contributed by atoms with van der Waals surface area (Å²) in [7, 11) is 0. The van der Waals surface area contributed by atoms with Crippen molar-refractivity contribution in [1.82, 2.24) is 10.2 Å². The molecule has 0 radical (unpaired) electrons. The van der Waals surface area contributed by atoms with Gasteiger partial charge in [0.2, 0.25) is 11.8 Å². The van der Waals surface area contributed by atoms with Gasteiger partial charge in [-0.05, 0) is 25.2 Å². The average molecular weight is 254 g/mol. The van der Waals surface area contributed by atoms with E-state index in [0.717, 1.165) is 32.4 Å². The lowest BCUT2D eigenvalue weighted by atomic mass is 9.97. The van der Waals surface area contributed by atoms with E-state index in [0.29, 0.717) is 18.9 Å². The lowest BCUT2D eigenvalue weighted by molar-refractivity contribution is -0.136. The van der Waals surface area contributed by atoms with E-state index in [2.05, 4.69) is 5.32 Å². The third-order valence-electron chi connectivity index (χ3n) is 3.39. The Morgan fingerprint density at radius 2 is 2.11 bits per heavy atom. The largest absolute Gasteiger partial charge is 0.356 e. The Kier molecular flexibility index (Phi) is 6.16. The maximum Gasteiger partial charge on any atom is 0.225 e. The maximum atomic E-state index is 11.9. The number of nitrogens with one attached hydrogen (secondary N) is 1. The van der Waals surface area contributed by atoms with Gasteiger partial charge in [0.1, 0.15) is 0 Å². The molecule has 18 heavy (non-hydrogen) atoms. The molecule has 1 fully saturated rings. The summed E-state index contributed by atoms with van der Waals surface area (Å²) in [6.07, 6.45) is 3.64. The van der Waals surface area contributed by atoms with E-state index < -0.39 is 0 Å². The third-order valence-corrected chi connectivity index (χ3v) is 3.39. The molecule has 0 aromatic rings. The molecule has 1 saturated heterocycles. The van der Waals surface area contributed by atoms with Crippen LogP contribution in [0.25, 0.3) is 0 Å². The van der Waals surface area contributed by atoms with Crippen LogP contribution in [0.5, 0.6) is 0 Å². The predicted octanol–water partition coefficient (Wildman–Crippen LogP) is 1.80. The van der Waals surface area contributed by atoms with Crippen molar-refractivity contribution < 1.29 is 9.59 Å². The molecule has 1 atom stereocenters. The molecule has 4 heteroatoms. The first-order valence-electron chi connectivity index (χ1n) is 7.10. The van der Waals surface area contributed by atoms with Gasteiger partial charge in [0.15, 0.2) is 0 Å². The van der Waals surface area contributed by atoms with Crippen LogP contribution in [0, 0.1) is 11.8 Å². The van der Waals surface area contributed by atoms with Gasteiger partial charge in [0, 0.05) is 32.0 Å². The van der Waals surface area contributed by atoms with Crippen molar-refractivity contribution >= 4 is 11.8 Å². The molecule has 0 spiro atoms. The van der Waals surface area contributed by atoms with Crippen molar-refractivity contribution in [1.29, 1.82) is 0 Å². The second kappa shape index (κ2) is 7.39. The van der Waals surface area contributed by atoms with Gasteiger partial charge in [0.05, 0.1) is 0 Å². The van der Waals surface area contributed by atoms with E-state index in [4.69, 9.17) is 0 Å². The van der Waals surface area contributed by atoms with Crippen LogP contribution in [0.3, 0.4) is 0 Å². The molecular formula is C14H26N2O2. The first-order valence-corrected chi connectivity index (χ1v) is 7.10. The number of nitrogens with zero attached hydrogens (tertiary/aromatic N) is 1. The molecule has 1 aliphatic rings. The average Bonchev–Trinajstić information content (AvgIpc) is 2.36. The van der Waals surface area contributed by atoms with E-state index >= 15 is 0 Å². The van der Waals surface area contributed by atoms with Crippen molar-refractivity contribution in [3.63, 3.8) is 0 Å². The molecule has 0 unspecified atom stereocenters. The second-order valence-corrected chi connectivity index (χ2v) is 5.50. The zero-order valence-electron chi connectivity index (χ0n) is 11.9. The zero-order valence-corrected chi connectivity index (χ0v) is 11.9. The zero-order chi connectivity index (χ0) is 13.5. The normalized spacial score (nSPS) is 20.0. The Balaban J connectivity index is 2.35. The van der Waals surface area contributed by atoms with Crippen LogP contribution in [-0.2, 0) is 9.59 Å². The van der Waals surface area contributed by atoms with Gasteiger partial charge in [-0.2, -0.15) is 0 Å². The number of amides is 2. The van der Waals surface area contributed by atoms with Gasteiger partial charge < -0.3 is 10.2 Å². The fraction of sp³-hybridized carbons (Fsp3) is 0.857.